The second-order valence-corrected chi connectivity index (χ2v) is 4.60. The van der Waals surface area contributed by atoms with E-state index in [1.54, 1.807) is 0 Å². The number of fused-ring (bicyclic) bond motifs is 1. The molecule has 0 aromatic rings. The van der Waals surface area contributed by atoms with Crippen LogP contribution in [0.4, 0.5) is 0 Å². The topological polar surface area (TPSA) is 0 Å². The molecule has 1 saturated heterocycles. The van der Waals surface area contributed by atoms with Gasteiger partial charge in [-0.25, -0.2) is 0 Å². The molecular weight excluding hydrogens is 128 g/mol. The van der Waals surface area contributed by atoms with Gasteiger partial charge in [-0.2, -0.15) is 11.8 Å². The number of rotatable bonds is 0. The molecule has 3 atom stereocenters. The molecule has 0 N–H and O–H groups in total. The Hall–Kier alpha value is -0.0900. The number of thioether (sulfide) groups is 1. The first kappa shape index (κ1) is 5.68. The van der Waals surface area contributed by atoms with E-state index in [2.05, 4.69) is 37.5 Å². The van der Waals surface area contributed by atoms with Gasteiger partial charge in [-0.05, 0) is 6.92 Å². The van der Waals surface area contributed by atoms with Crippen LogP contribution >= 0.6 is 11.8 Å². The van der Waals surface area contributed by atoms with Gasteiger partial charge in [0, 0.05) is 16.9 Å². The minimum atomic E-state index is 0.394. The maximum Gasteiger partial charge on any atom is 0.0529 e. The predicted molar refractivity (Wildman–Crippen MR) is 41.3 cm³/mol. The fraction of sp³-hybridized carbons (Fsp3) is 0.750. The van der Waals surface area contributed by atoms with Crippen LogP contribution in [0.5, 0.6) is 0 Å². The molecule has 0 spiro atoms. The number of hydrogen-bond donors (Lipinski definition) is 0. The van der Waals surface area contributed by atoms with E-state index in [1.165, 1.54) is 0 Å². The van der Waals surface area contributed by atoms with Gasteiger partial charge in [0.2, 0.25) is 0 Å². The second kappa shape index (κ2) is 1.49. The van der Waals surface area contributed by atoms with Crippen molar-refractivity contribution in [1.29, 1.82) is 0 Å². The average molecular weight is 138 g/mol. The van der Waals surface area contributed by atoms with Gasteiger partial charge in [0.05, 0.1) is 5.41 Å². The van der Waals surface area contributed by atoms with Crippen LogP contribution < -0.4 is 0 Å². The third-order valence-electron chi connectivity index (χ3n) is 2.53. The van der Waals surface area contributed by atoms with Crippen LogP contribution in [0, 0.1) is 17.3 Å². The Labute approximate surface area is 60.4 Å². The lowest BCUT2D eigenvalue weighted by Crippen LogP contribution is -2.45. The van der Waals surface area contributed by atoms with E-state index < -0.39 is 0 Å². The quantitative estimate of drug-likeness (QED) is 0.461. The highest BCUT2D eigenvalue weighted by atomic mass is 32.2. The minimum Gasteiger partial charge on any atom is -0.151 e. The summed E-state index contributed by atoms with van der Waals surface area (Å²) in [5.74, 6) is 6.50. The van der Waals surface area contributed by atoms with Crippen LogP contribution in [0.25, 0.3) is 0 Å². The molecule has 1 fully saturated rings. The van der Waals surface area contributed by atoms with E-state index in [0.29, 0.717) is 5.41 Å². The lowest BCUT2D eigenvalue weighted by Gasteiger charge is -2.45. The van der Waals surface area contributed by atoms with Crippen molar-refractivity contribution in [3.05, 3.63) is 0 Å². The van der Waals surface area contributed by atoms with Gasteiger partial charge in [-0.15, -0.1) is 5.92 Å². The highest BCUT2D eigenvalue weighted by Gasteiger charge is 2.50. The number of hydrogen-bond acceptors (Lipinski definition) is 1. The van der Waals surface area contributed by atoms with E-state index in [1.807, 2.05) is 0 Å². The zero-order valence-electron chi connectivity index (χ0n) is 5.77. The van der Waals surface area contributed by atoms with E-state index in [9.17, 15) is 0 Å². The molecular formula is C8H10S. The van der Waals surface area contributed by atoms with Crippen LogP contribution in [0.15, 0.2) is 0 Å². The predicted octanol–water partition coefficient (Wildman–Crippen LogP) is 1.90. The molecule has 0 nitrogen and oxygen atoms in total. The first-order chi connectivity index (χ1) is 4.23. The van der Waals surface area contributed by atoms with E-state index >= 15 is 0 Å². The summed E-state index contributed by atoms with van der Waals surface area (Å²) in [6.07, 6.45) is 1.13. The van der Waals surface area contributed by atoms with Gasteiger partial charge >= 0.3 is 0 Å². The maximum atomic E-state index is 3.31. The first-order valence-corrected chi connectivity index (χ1v) is 4.33. The minimum absolute atomic E-state index is 0.394. The second-order valence-electron chi connectivity index (χ2n) is 3.06. The van der Waals surface area contributed by atoms with Crippen molar-refractivity contribution in [2.24, 2.45) is 5.41 Å². The van der Waals surface area contributed by atoms with Gasteiger partial charge < -0.3 is 0 Å². The first-order valence-electron chi connectivity index (χ1n) is 3.39. The van der Waals surface area contributed by atoms with Crippen LogP contribution in [0.1, 0.15) is 20.3 Å². The van der Waals surface area contributed by atoms with Crippen molar-refractivity contribution in [2.75, 3.05) is 0 Å². The lowest BCUT2D eigenvalue weighted by atomic mass is 9.85. The molecule has 9 heavy (non-hydrogen) atoms. The molecule has 1 aliphatic heterocycles. The Morgan fingerprint density at radius 1 is 1.67 bits per heavy atom. The highest BCUT2D eigenvalue weighted by Crippen LogP contribution is 2.55. The summed E-state index contributed by atoms with van der Waals surface area (Å²) in [7, 11) is 0. The van der Waals surface area contributed by atoms with E-state index in [-0.39, 0.29) is 0 Å². The lowest BCUT2D eigenvalue weighted by molar-refractivity contribution is 0.400. The molecule has 0 bridgehead atoms. The summed E-state index contributed by atoms with van der Waals surface area (Å²) in [6, 6.07) is 0. The molecule has 48 valence electrons. The smallest absolute Gasteiger partial charge is 0.0529 e. The van der Waals surface area contributed by atoms with Crippen molar-refractivity contribution in [3.63, 3.8) is 0 Å². The third-order valence-corrected chi connectivity index (χ3v) is 4.41. The van der Waals surface area contributed by atoms with Gasteiger partial charge in [0.25, 0.3) is 0 Å². The van der Waals surface area contributed by atoms with Crippen LogP contribution in [0.3, 0.4) is 0 Å². The molecule has 2 rings (SSSR count). The van der Waals surface area contributed by atoms with Crippen molar-refractivity contribution in [1.82, 2.24) is 0 Å². The summed E-state index contributed by atoms with van der Waals surface area (Å²) < 4.78 is 0. The van der Waals surface area contributed by atoms with Gasteiger partial charge in [-0.3, -0.25) is 0 Å². The zero-order chi connectivity index (χ0) is 6.48. The third kappa shape index (κ3) is 0.526. The van der Waals surface area contributed by atoms with E-state index in [0.717, 1.165) is 16.9 Å². The fourth-order valence-corrected chi connectivity index (χ4v) is 2.99. The monoisotopic (exact) mass is 138 g/mol. The zero-order valence-corrected chi connectivity index (χ0v) is 6.59. The molecule has 2 aliphatic rings. The standard InChI is InChI=1S/C8H10S/c1-6-8(2)5-3-4-7(8)9-6/h6-7H,4H2,1-2H3. The Balaban J connectivity index is 2.27. The summed E-state index contributed by atoms with van der Waals surface area (Å²) in [4.78, 5) is 0. The van der Waals surface area contributed by atoms with Gasteiger partial charge in [-0.1, -0.05) is 12.8 Å². The summed E-state index contributed by atoms with van der Waals surface area (Å²) in [6.45, 7) is 4.57. The van der Waals surface area contributed by atoms with Gasteiger partial charge in [0.15, 0.2) is 0 Å². The Kier molecular flexibility index (Phi) is 0.941. The van der Waals surface area contributed by atoms with Crippen molar-refractivity contribution in [3.8, 4) is 11.8 Å². The van der Waals surface area contributed by atoms with Gasteiger partial charge in [0.1, 0.15) is 0 Å². The van der Waals surface area contributed by atoms with Crippen molar-refractivity contribution in [2.45, 2.75) is 30.8 Å². The largest absolute Gasteiger partial charge is 0.151 e. The highest BCUT2D eigenvalue weighted by molar-refractivity contribution is 8.02. The molecule has 0 saturated carbocycles. The molecule has 0 radical (unpaired) electrons. The molecule has 0 aromatic carbocycles. The van der Waals surface area contributed by atoms with Crippen LogP contribution in [-0.2, 0) is 0 Å². The van der Waals surface area contributed by atoms with Crippen molar-refractivity contribution < 1.29 is 0 Å². The molecule has 3 unspecified atom stereocenters. The molecule has 1 aliphatic carbocycles. The van der Waals surface area contributed by atoms with Crippen molar-refractivity contribution >= 4 is 11.8 Å². The normalized spacial score (nSPS) is 53.1. The van der Waals surface area contributed by atoms with E-state index in [4.69, 9.17) is 0 Å². The SMILES string of the molecule is CC1SC2CC#CC12C. The Morgan fingerprint density at radius 2 is 2.44 bits per heavy atom. The summed E-state index contributed by atoms with van der Waals surface area (Å²) in [5, 5.41) is 1.59. The molecule has 0 aromatic heterocycles. The summed E-state index contributed by atoms with van der Waals surface area (Å²) >= 11 is 2.07. The van der Waals surface area contributed by atoms with Crippen LogP contribution in [-0.4, -0.2) is 10.5 Å². The van der Waals surface area contributed by atoms with Crippen LogP contribution in [0.2, 0.25) is 0 Å². The Bertz CT molecular complexity index is 198. The molecule has 1 heterocycles. The Morgan fingerprint density at radius 3 is 2.89 bits per heavy atom. The molecule has 1 heteroatoms. The average Bonchev–Trinajstić information content (AvgIpc) is 2.11. The molecule has 0 amide bonds. The maximum absolute atomic E-state index is 3.31. The fourth-order valence-electron chi connectivity index (χ4n) is 1.49. The summed E-state index contributed by atoms with van der Waals surface area (Å²) in [5.41, 5.74) is 0.394.